The van der Waals surface area contributed by atoms with E-state index in [9.17, 15) is 0 Å². The lowest BCUT2D eigenvalue weighted by molar-refractivity contribution is 1.63. The SMILES string of the molecule is c1ccc2c(-c3cc(-c4cccc5ccccc45)c4ccc(-c5c(-c6cccc7ccccc67)ccc6ccc(-c7cccc8ccccc78)cc56)cc4c3)cccc2c1. The summed E-state index contributed by atoms with van der Waals surface area (Å²) in [5, 5.41) is 14.9. The molecule has 0 fully saturated rings. The molecule has 0 radical (unpaired) electrons. The summed E-state index contributed by atoms with van der Waals surface area (Å²) in [5.74, 6) is 0. The van der Waals surface area contributed by atoms with Gasteiger partial charge in [0.05, 0.1) is 0 Å². The van der Waals surface area contributed by atoms with Gasteiger partial charge in [-0.15, -0.1) is 0 Å². The van der Waals surface area contributed by atoms with Crippen LogP contribution in [0.25, 0.3) is 120 Å². The van der Waals surface area contributed by atoms with E-state index in [1.165, 1.54) is 120 Å². The van der Waals surface area contributed by atoms with Crippen LogP contribution in [0.1, 0.15) is 0 Å². The first-order valence-electron chi connectivity index (χ1n) is 20.8. The normalized spacial score (nSPS) is 11.7. The Morgan fingerprint density at radius 1 is 0.167 bits per heavy atom. The maximum atomic E-state index is 2.45. The molecule has 0 aliphatic carbocycles. The van der Waals surface area contributed by atoms with Crippen molar-refractivity contribution in [1.82, 2.24) is 0 Å². The smallest absolute Gasteiger partial charge is 0.00262 e. The molecule has 0 atom stereocenters. The van der Waals surface area contributed by atoms with Crippen molar-refractivity contribution in [2.45, 2.75) is 0 Å². The van der Waals surface area contributed by atoms with E-state index in [1.807, 2.05) is 0 Å². The van der Waals surface area contributed by atoms with Crippen molar-refractivity contribution in [3.05, 3.63) is 231 Å². The first-order chi connectivity index (χ1) is 29.7. The van der Waals surface area contributed by atoms with Crippen molar-refractivity contribution in [2.24, 2.45) is 0 Å². The van der Waals surface area contributed by atoms with E-state index in [4.69, 9.17) is 0 Å². The predicted octanol–water partition coefficient (Wildman–Crippen LogP) is 16.9. The number of fused-ring (bicyclic) bond motifs is 6. The zero-order chi connectivity index (χ0) is 39.6. The molecule has 0 aliphatic heterocycles. The highest BCUT2D eigenvalue weighted by Crippen LogP contribution is 2.45. The third-order valence-corrected chi connectivity index (χ3v) is 12.6. The Kier molecular flexibility index (Phi) is 7.96. The molecular formula is C60H38. The fourth-order valence-electron chi connectivity index (χ4n) is 9.80. The van der Waals surface area contributed by atoms with Crippen LogP contribution in [0.3, 0.4) is 0 Å². The van der Waals surface area contributed by atoms with Crippen LogP contribution in [0.5, 0.6) is 0 Å². The predicted molar refractivity (Wildman–Crippen MR) is 259 cm³/mol. The van der Waals surface area contributed by atoms with E-state index >= 15 is 0 Å². The third kappa shape index (κ3) is 5.61. The van der Waals surface area contributed by atoms with E-state index in [0.717, 1.165) is 0 Å². The van der Waals surface area contributed by atoms with Crippen LogP contribution in [0.4, 0.5) is 0 Å². The van der Waals surface area contributed by atoms with E-state index in [-0.39, 0.29) is 0 Å². The van der Waals surface area contributed by atoms with Gasteiger partial charge < -0.3 is 0 Å². The van der Waals surface area contributed by atoms with E-state index in [0.29, 0.717) is 0 Å². The van der Waals surface area contributed by atoms with Crippen LogP contribution in [0.2, 0.25) is 0 Å². The fourth-order valence-corrected chi connectivity index (χ4v) is 9.80. The second-order valence-electron chi connectivity index (χ2n) is 16.0. The molecule has 0 saturated carbocycles. The van der Waals surface area contributed by atoms with Gasteiger partial charge in [-0.25, -0.2) is 0 Å². The van der Waals surface area contributed by atoms with Crippen molar-refractivity contribution in [3.8, 4) is 55.6 Å². The molecule has 0 amide bonds. The quantitative estimate of drug-likeness (QED) is 0.164. The van der Waals surface area contributed by atoms with Gasteiger partial charge in [0.2, 0.25) is 0 Å². The molecule has 0 heteroatoms. The Morgan fingerprint density at radius 2 is 0.567 bits per heavy atom. The monoisotopic (exact) mass is 758 g/mol. The van der Waals surface area contributed by atoms with Crippen molar-refractivity contribution in [3.63, 3.8) is 0 Å². The molecule has 12 aromatic carbocycles. The number of benzene rings is 12. The lowest BCUT2D eigenvalue weighted by Gasteiger charge is -2.19. The van der Waals surface area contributed by atoms with E-state index < -0.39 is 0 Å². The van der Waals surface area contributed by atoms with Gasteiger partial charge in [-0.2, -0.15) is 0 Å². The van der Waals surface area contributed by atoms with Gasteiger partial charge >= 0.3 is 0 Å². The van der Waals surface area contributed by atoms with Gasteiger partial charge in [-0.1, -0.05) is 206 Å². The largest absolute Gasteiger partial charge is 0.0616 e. The second kappa shape index (κ2) is 13.9. The minimum absolute atomic E-state index is 1.20. The van der Waals surface area contributed by atoms with Gasteiger partial charge in [0, 0.05) is 0 Å². The van der Waals surface area contributed by atoms with Crippen LogP contribution in [-0.2, 0) is 0 Å². The molecular weight excluding hydrogens is 721 g/mol. The van der Waals surface area contributed by atoms with Crippen LogP contribution in [0.15, 0.2) is 231 Å². The van der Waals surface area contributed by atoms with Crippen LogP contribution in [-0.4, -0.2) is 0 Å². The van der Waals surface area contributed by atoms with Crippen LogP contribution in [0, 0.1) is 0 Å². The molecule has 0 unspecified atom stereocenters. The summed E-state index contributed by atoms with van der Waals surface area (Å²) in [6.07, 6.45) is 0. The number of hydrogen-bond donors (Lipinski definition) is 0. The summed E-state index contributed by atoms with van der Waals surface area (Å²) in [6.45, 7) is 0. The first kappa shape index (κ1) is 34.3. The molecule has 0 nitrogen and oxygen atoms in total. The molecule has 12 rings (SSSR count). The summed E-state index contributed by atoms with van der Waals surface area (Å²) in [7, 11) is 0. The van der Waals surface area contributed by atoms with E-state index in [1.54, 1.807) is 0 Å². The molecule has 0 aliphatic rings. The second-order valence-corrected chi connectivity index (χ2v) is 16.0. The summed E-state index contributed by atoms with van der Waals surface area (Å²) in [4.78, 5) is 0. The molecule has 0 bridgehead atoms. The zero-order valence-electron chi connectivity index (χ0n) is 32.9. The average Bonchev–Trinajstić information content (AvgIpc) is 3.32. The van der Waals surface area contributed by atoms with Crippen LogP contribution >= 0.6 is 0 Å². The molecule has 0 spiro atoms. The van der Waals surface area contributed by atoms with Crippen molar-refractivity contribution >= 4 is 64.6 Å². The molecule has 0 saturated heterocycles. The van der Waals surface area contributed by atoms with Gasteiger partial charge in [0.15, 0.2) is 0 Å². The number of hydrogen-bond acceptors (Lipinski definition) is 0. The van der Waals surface area contributed by atoms with Gasteiger partial charge in [-0.3, -0.25) is 0 Å². The van der Waals surface area contributed by atoms with Crippen LogP contribution < -0.4 is 0 Å². The Labute approximate surface area is 349 Å². The van der Waals surface area contributed by atoms with Gasteiger partial charge in [0.1, 0.15) is 0 Å². The van der Waals surface area contributed by atoms with Crippen molar-refractivity contribution in [1.29, 1.82) is 0 Å². The Bertz CT molecular complexity index is 3640. The summed E-state index contributed by atoms with van der Waals surface area (Å²) in [6, 6.07) is 85.4. The Balaban J connectivity index is 1.17. The lowest BCUT2D eigenvalue weighted by atomic mass is 9.84. The Hall–Kier alpha value is -7.80. The molecule has 0 aromatic heterocycles. The lowest BCUT2D eigenvalue weighted by Crippen LogP contribution is -1.92. The average molecular weight is 759 g/mol. The summed E-state index contributed by atoms with van der Waals surface area (Å²) < 4.78 is 0. The maximum Gasteiger partial charge on any atom is -0.00262 e. The summed E-state index contributed by atoms with van der Waals surface area (Å²) in [5.41, 5.74) is 12.3. The Morgan fingerprint density at radius 3 is 1.15 bits per heavy atom. The highest BCUT2D eigenvalue weighted by atomic mass is 14.2. The van der Waals surface area contributed by atoms with Gasteiger partial charge in [-0.05, 0) is 145 Å². The maximum absolute atomic E-state index is 2.45. The highest BCUT2D eigenvalue weighted by molar-refractivity contribution is 6.14. The highest BCUT2D eigenvalue weighted by Gasteiger charge is 2.18. The van der Waals surface area contributed by atoms with E-state index in [2.05, 4.69) is 231 Å². The van der Waals surface area contributed by atoms with Crippen molar-refractivity contribution in [2.75, 3.05) is 0 Å². The van der Waals surface area contributed by atoms with Gasteiger partial charge in [0.25, 0.3) is 0 Å². The molecule has 0 heterocycles. The zero-order valence-corrected chi connectivity index (χ0v) is 32.9. The fraction of sp³-hybridized carbons (Fsp3) is 0. The minimum atomic E-state index is 1.20. The minimum Gasteiger partial charge on any atom is -0.0616 e. The summed E-state index contributed by atoms with van der Waals surface area (Å²) >= 11 is 0. The first-order valence-corrected chi connectivity index (χ1v) is 20.8. The molecule has 60 heavy (non-hydrogen) atoms. The molecule has 12 aromatic rings. The standard InChI is InChI=1S/C60H38/c1-5-21-48-39(13-1)17-9-25-52(48)44-30-29-43-31-34-57(55-27-11-19-41-15-3-7-23-50(41)55)60(58(43)37-44)45-32-33-54-46(35-45)36-47(53-26-10-18-40-14-2-6-22-49(40)53)38-59(54)56-28-12-20-42-16-4-8-24-51(42)56/h1-38H. The van der Waals surface area contributed by atoms with Crippen molar-refractivity contribution < 1.29 is 0 Å². The topological polar surface area (TPSA) is 0 Å². The molecule has 278 valence electrons. The third-order valence-electron chi connectivity index (χ3n) is 12.6. The molecule has 0 N–H and O–H groups in total. The number of rotatable bonds is 5.